The average molecular weight is 934 g/mol. The highest BCUT2D eigenvalue weighted by Crippen LogP contribution is 2.43. The van der Waals surface area contributed by atoms with Crippen molar-refractivity contribution in [2.24, 2.45) is 41.4 Å². The van der Waals surface area contributed by atoms with E-state index in [1.165, 1.54) is 0 Å². The monoisotopic (exact) mass is 934 g/mol. The van der Waals surface area contributed by atoms with Crippen molar-refractivity contribution in [3.8, 4) is 11.8 Å². The second-order valence-corrected chi connectivity index (χ2v) is 21.4. The van der Waals surface area contributed by atoms with Crippen molar-refractivity contribution < 1.29 is 32.3 Å². The lowest BCUT2D eigenvalue weighted by atomic mass is 9.73. The van der Waals surface area contributed by atoms with Gasteiger partial charge in [0.2, 0.25) is 23.6 Å². The normalized spacial score (nSPS) is 33.4. The molecule has 0 radical (unpaired) electrons. The Morgan fingerprint density at radius 3 is 2.27 bits per heavy atom. The number of benzene rings is 1. The quantitative estimate of drug-likeness (QED) is 0.204. The van der Waals surface area contributed by atoms with E-state index >= 15 is 0 Å². The van der Waals surface area contributed by atoms with E-state index in [0.29, 0.717) is 82.8 Å². The molecule has 0 bridgehead atoms. The maximum atomic E-state index is 14.7. The summed E-state index contributed by atoms with van der Waals surface area (Å²) in [6.45, 7) is 11.4. The van der Waals surface area contributed by atoms with Crippen LogP contribution in [0.5, 0.6) is 0 Å². The average Bonchev–Trinajstić information content (AvgIpc) is 3.75. The molecule has 67 heavy (non-hydrogen) atoms. The third-order valence-electron chi connectivity index (χ3n) is 17.1. The number of alkyl halides is 3. The number of nitrogens with one attached hydrogen (secondary N) is 4. The second-order valence-electron chi connectivity index (χ2n) is 21.4. The predicted octanol–water partition coefficient (Wildman–Crippen LogP) is 4.70. The zero-order chi connectivity index (χ0) is 46.7. The molecular weight excluding hydrogens is 860 g/mol. The molecule has 368 valence electrons. The number of nitrogens with zero attached hydrogens (tertiary/aromatic N) is 5. The highest BCUT2D eigenvalue weighted by atomic mass is 19.4. The first-order valence-corrected chi connectivity index (χ1v) is 25.9. The van der Waals surface area contributed by atoms with Gasteiger partial charge in [0.05, 0.1) is 24.0 Å². The van der Waals surface area contributed by atoms with E-state index in [-0.39, 0.29) is 59.8 Å². The van der Waals surface area contributed by atoms with Gasteiger partial charge in [0, 0.05) is 101 Å². The maximum Gasteiger partial charge on any atom is 0.392 e. The molecule has 9 rings (SSSR count). The van der Waals surface area contributed by atoms with Crippen LogP contribution in [0.4, 0.5) is 18.9 Å². The molecule has 8 aliphatic rings. The lowest BCUT2D eigenvalue weighted by Crippen LogP contribution is -2.54. The van der Waals surface area contributed by atoms with Crippen LogP contribution in [0.1, 0.15) is 108 Å². The number of rotatable bonds is 9. The third-order valence-corrected chi connectivity index (χ3v) is 17.1. The van der Waals surface area contributed by atoms with E-state index in [0.717, 1.165) is 108 Å². The minimum atomic E-state index is -4.34. The third kappa shape index (κ3) is 11.8. The molecule has 16 heteroatoms. The number of carbonyl (C=O) groups excluding carboxylic acids is 4. The van der Waals surface area contributed by atoms with Crippen molar-refractivity contribution in [1.29, 1.82) is 0 Å². The summed E-state index contributed by atoms with van der Waals surface area (Å²) in [6, 6.07) is 7.86. The lowest BCUT2D eigenvalue weighted by Gasteiger charge is -2.43. The Balaban J connectivity index is 0.670. The van der Waals surface area contributed by atoms with Crippen molar-refractivity contribution >= 4 is 29.3 Å². The van der Waals surface area contributed by atoms with Gasteiger partial charge in [0.1, 0.15) is 0 Å². The van der Waals surface area contributed by atoms with Gasteiger partial charge in [0.25, 0.3) is 0 Å². The van der Waals surface area contributed by atoms with Crippen molar-refractivity contribution in [2.75, 3.05) is 83.4 Å². The van der Waals surface area contributed by atoms with Crippen molar-refractivity contribution in [3.05, 3.63) is 29.8 Å². The van der Waals surface area contributed by atoms with Crippen LogP contribution >= 0.6 is 0 Å². The van der Waals surface area contributed by atoms with E-state index in [1.54, 1.807) is 0 Å². The molecule has 2 saturated carbocycles. The Morgan fingerprint density at radius 2 is 1.54 bits per heavy atom. The van der Waals surface area contributed by atoms with Crippen LogP contribution in [0.3, 0.4) is 0 Å². The van der Waals surface area contributed by atoms with Gasteiger partial charge in [0.15, 0.2) is 0 Å². The Kier molecular flexibility index (Phi) is 15.5. The lowest BCUT2D eigenvalue weighted by molar-refractivity contribution is -0.200. The summed E-state index contributed by atoms with van der Waals surface area (Å²) in [5, 5.41) is 11.3. The highest BCUT2D eigenvalue weighted by molar-refractivity contribution is 6.01. The Morgan fingerprint density at radius 1 is 0.791 bits per heavy atom. The minimum Gasteiger partial charge on any atom is -0.372 e. The second kappa shape index (κ2) is 21.5. The van der Waals surface area contributed by atoms with E-state index in [1.807, 2.05) is 17.0 Å². The minimum absolute atomic E-state index is 0.00157. The Hall–Kier alpha value is -3.75. The van der Waals surface area contributed by atoms with Gasteiger partial charge in [-0.2, -0.15) is 13.2 Å². The van der Waals surface area contributed by atoms with Gasteiger partial charge in [-0.15, -0.1) is 0 Å². The van der Waals surface area contributed by atoms with Crippen LogP contribution in [-0.2, 0) is 19.2 Å². The predicted molar refractivity (Wildman–Crippen MR) is 250 cm³/mol. The summed E-state index contributed by atoms with van der Waals surface area (Å²) in [4.78, 5) is 60.2. The van der Waals surface area contributed by atoms with E-state index < -0.39 is 24.1 Å². The molecule has 4 N–H and O–H groups in total. The van der Waals surface area contributed by atoms with Crippen LogP contribution in [0, 0.1) is 53.3 Å². The van der Waals surface area contributed by atoms with E-state index in [2.05, 4.69) is 72.0 Å². The van der Waals surface area contributed by atoms with Crippen LogP contribution < -0.4 is 26.3 Å². The maximum absolute atomic E-state index is 14.7. The summed E-state index contributed by atoms with van der Waals surface area (Å²) in [7, 11) is 0. The molecule has 1 aromatic carbocycles. The van der Waals surface area contributed by atoms with Gasteiger partial charge >= 0.3 is 6.18 Å². The summed E-state index contributed by atoms with van der Waals surface area (Å²) in [5.41, 5.74) is 5.59. The topological polar surface area (TPSA) is 133 Å². The van der Waals surface area contributed by atoms with Gasteiger partial charge in [-0.1, -0.05) is 30.9 Å². The first-order valence-electron chi connectivity index (χ1n) is 25.9. The standard InChI is InChI=1S/C51H74F3N9O4/c1-34-4-5-39(29-38(34)9-13-43-31-55-46-3-2-20-56-63(43)46)48(65)57-41-10-6-40(45(30-41)51(52,53)54)33-60-25-27-62(28-26-60)50(67)37-18-21-59(22-19-37)32-35-16-23-61(24-17-35)42-11-7-36(8-12-42)44-14-15-47(64)58-49(44)66/h7-8,11-12,34-35,37-41,43-46,55-56H,2-6,10,14-33H2,1H3,(H,57,65)(H,58,64,66). The van der Waals surface area contributed by atoms with Gasteiger partial charge < -0.3 is 20.0 Å². The summed E-state index contributed by atoms with van der Waals surface area (Å²) in [6.07, 6.45) is 6.21. The molecule has 2 aliphatic carbocycles. The van der Waals surface area contributed by atoms with Crippen LogP contribution in [0.15, 0.2) is 24.3 Å². The van der Waals surface area contributed by atoms with Crippen molar-refractivity contribution in [3.63, 3.8) is 0 Å². The molecule has 6 aliphatic heterocycles. The number of likely N-dealkylation sites (tertiary alicyclic amines) is 1. The molecule has 8 fully saturated rings. The van der Waals surface area contributed by atoms with Crippen molar-refractivity contribution in [1.82, 2.24) is 41.1 Å². The smallest absolute Gasteiger partial charge is 0.372 e. The number of piperidine rings is 3. The number of hydrogen-bond donors (Lipinski definition) is 4. The largest absolute Gasteiger partial charge is 0.392 e. The molecule has 9 unspecified atom stereocenters. The summed E-state index contributed by atoms with van der Waals surface area (Å²) >= 11 is 0. The van der Waals surface area contributed by atoms with Gasteiger partial charge in [-0.3, -0.25) is 40.1 Å². The Labute approximate surface area is 395 Å². The molecule has 9 atom stereocenters. The number of piperazine rings is 1. The SMILES string of the molecule is CC1CCC(C(=O)NC2CCC(CN3CCN(C(=O)C4CCN(CC5CCN(c6ccc(C7CCC(=O)NC7=O)cc6)CC5)CC4)CC3)C(C(F)(F)F)C2)CC1C#CC1CNC2CCCNN12. The summed E-state index contributed by atoms with van der Waals surface area (Å²) < 4.78 is 44.0. The number of fused-ring (bicyclic) bond motifs is 1. The Bertz CT molecular complexity index is 1950. The molecule has 13 nitrogen and oxygen atoms in total. The molecular formula is C51H74F3N9O4. The zero-order valence-electron chi connectivity index (χ0n) is 39.5. The number of imide groups is 1. The molecule has 6 saturated heterocycles. The highest BCUT2D eigenvalue weighted by Gasteiger charge is 2.49. The number of anilines is 1. The van der Waals surface area contributed by atoms with Crippen LogP contribution in [0.25, 0.3) is 0 Å². The van der Waals surface area contributed by atoms with Crippen LogP contribution in [0.2, 0.25) is 0 Å². The molecule has 0 aromatic heterocycles. The first-order chi connectivity index (χ1) is 32.3. The zero-order valence-corrected chi connectivity index (χ0v) is 39.5. The fourth-order valence-corrected chi connectivity index (χ4v) is 12.8. The van der Waals surface area contributed by atoms with Gasteiger partial charge in [-0.25, -0.2) is 5.01 Å². The van der Waals surface area contributed by atoms with Crippen molar-refractivity contribution in [2.45, 2.75) is 127 Å². The molecule has 1 aromatic rings. The van der Waals surface area contributed by atoms with Crippen LogP contribution in [-0.4, -0.2) is 146 Å². The molecule has 6 heterocycles. The number of hydrogen-bond acceptors (Lipinski definition) is 10. The summed E-state index contributed by atoms with van der Waals surface area (Å²) in [5.74, 6) is 5.27. The number of hydrazine groups is 1. The van der Waals surface area contributed by atoms with E-state index in [9.17, 15) is 32.3 Å². The molecule has 4 amide bonds. The number of halogens is 3. The van der Waals surface area contributed by atoms with E-state index in [4.69, 9.17) is 0 Å². The number of amides is 4. The van der Waals surface area contributed by atoms with Gasteiger partial charge in [-0.05, 0) is 132 Å². The first kappa shape index (κ1) is 48.3. The number of carbonyl (C=O) groups is 4. The molecule has 0 spiro atoms. The fraction of sp³-hybridized carbons (Fsp3) is 0.765. The fourth-order valence-electron chi connectivity index (χ4n) is 12.8.